The van der Waals surface area contributed by atoms with Gasteiger partial charge in [0.15, 0.2) is 5.76 Å². The van der Waals surface area contributed by atoms with Crippen molar-refractivity contribution in [3.05, 3.63) is 65.0 Å². The van der Waals surface area contributed by atoms with Gasteiger partial charge in [0.05, 0.1) is 11.1 Å². The van der Waals surface area contributed by atoms with Crippen molar-refractivity contribution in [2.24, 2.45) is 0 Å². The number of hydrogen-bond donors (Lipinski definition) is 1. The Morgan fingerprint density at radius 2 is 2.03 bits per heavy atom. The molecule has 1 aromatic heterocycles. The Morgan fingerprint density at radius 3 is 2.84 bits per heavy atom. The Morgan fingerprint density at radius 1 is 1.19 bits per heavy atom. The molecule has 5 rings (SSSR count). The average Bonchev–Trinajstić information content (AvgIpc) is 3.29. The molecule has 5 heteroatoms. The highest BCUT2D eigenvalue weighted by Crippen LogP contribution is 2.41. The van der Waals surface area contributed by atoms with Gasteiger partial charge in [0.2, 0.25) is 5.78 Å². The lowest BCUT2D eigenvalue weighted by Gasteiger charge is -2.33. The maximum absolute atomic E-state index is 13.1. The molecule has 0 aliphatic carbocycles. The van der Waals surface area contributed by atoms with Crippen LogP contribution in [0.4, 0.5) is 0 Å². The molecule has 160 valence electrons. The van der Waals surface area contributed by atoms with Crippen molar-refractivity contribution < 1.29 is 14.6 Å². The van der Waals surface area contributed by atoms with E-state index < -0.39 is 0 Å². The smallest absolute Gasteiger partial charge is 0.231 e. The number of nitrogens with zero attached hydrogens (tertiary/aromatic N) is 2. The number of phenolic OH excluding ortho intramolecular Hbond substituents is 1. The predicted octanol–water partition coefficient (Wildman–Crippen LogP) is 5.36. The van der Waals surface area contributed by atoms with Gasteiger partial charge < -0.3 is 14.4 Å². The number of aryl methyl sites for hydroxylation is 1. The third-order valence-electron chi connectivity index (χ3n) is 6.66. The molecule has 2 aromatic carbocycles. The van der Waals surface area contributed by atoms with E-state index in [1.54, 1.807) is 12.1 Å². The van der Waals surface area contributed by atoms with Crippen molar-refractivity contribution in [2.45, 2.75) is 52.2 Å². The number of aromatic hydroxyl groups is 1. The van der Waals surface area contributed by atoms with Gasteiger partial charge in [0.1, 0.15) is 11.5 Å². The summed E-state index contributed by atoms with van der Waals surface area (Å²) in [6.07, 6.45) is 7.45. The van der Waals surface area contributed by atoms with Crippen molar-refractivity contribution in [1.29, 1.82) is 0 Å². The Kier molecular flexibility index (Phi) is 5.06. The van der Waals surface area contributed by atoms with E-state index in [1.807, 2.05) is 18.2 Å². The number of para-hydroxylation sites is 1. The van der Waals surface area contributed by atoms with Crippen LogP contribution in [0.15, 0.2) is 48.4 Å². The van der Waals surface area contributed by atoms with Crippen molar-refractivity contribution >= 4 is 22.8 Å². The molecule has 3 heterocycles. The van der Waals surface area contributed by atoms with Crippen molar-refractivity contribution in [3.8, 4) is 11.5 Å². The summed E-state index contributed by atoms with van der Waals surface area (Å²) in [5.41, 5.74) is 3.34. The second-order valence-electron chi connectivity index (χ2n) is 8.58. The molecule has 1 fully saturated rings. The fourth-order valence-electron chi connectivity index (χ4n) is 4.84. The fraction of sp³-hybridized carbons (Fsp3) is 0.346. The number of allylic oxidation sites excluding steroid dienone is 1. The highest BCUT2D eigenvalue weighted by Gasteiger charge is 2.32. The van der Waals surface area contributed by atoms with E-state index in [-0.39, 0.29) is 11.5 Å². The molecule has 0 saturated carbocycles. The first kappa shape index (κ1) is 19.9. The minimum absolute atomic E-state index is 0.128. The summed E-state index contributed by atoms with van der Waals surface area (Å²) in [6, 6.07) is 11.9. The van der Waals surface area contributed by atoms with Crippen LogP contribution < -0.4 is 4.74 Å². The molecule has 1 saturated heterocycles. The van der Waals surface area contributed by atoms with Crippen LogP contribution in [0.3, 0.4) is 0 Å². The van der Waals surface area contributed by atoms with Crippen LogP contribution in [0.1, 0.15) is 54.6 Å². The van der Waals surface area contributed by atoms with Gasteiger partial charge in [0.25, 0.3) is 0 Å². The van der Waals surface area contributed by atoms with Crippen LogP contribution >= 0.6 is 0 Å². The molecular weight excluding hydrogens is 388 g/mol. The zero-order valence-electron chi connectivity index (χ0n) is 18.1. The molecular formula is C26H28N2O3. The number of piperidine rings is 1. The van der Waals surface area contributed by atoms with E-state index in [0.717, 1.165) is 42.4 Å². The van der Waals surface area contributed by atoms with Gasteiger partial charge in [-0.15, -0.1) is 0 Å². The Balaban J connectivity index is 1.52. The third-order valence-corrected chi connectivity index (χ3v) is 6.66. The van der Waals surface area contributed by atoms with Gasteiger partial charge in [-0.1, -0.05) is 24.6 Å². The van der Waals surface area contributed by atoms with Crippen molar-refractivity contribution in [3.63, 3.8) is 0 Å². The first-order valence-corrected chi connectivity index (χ1v) is 11.2. The largest absolute Gasteiger partial charge is 0.507 e. The lowest BCUT2D eigenvalue weighted by molar-refractivity contribution is 0.101. The number of likely N-dealkylation sites (tertiary alicyclic amines) is 1. The van der Waals surface area contributed by atoms with Crippen molar-refractivity contribution in [1.82, 2.24) is 9.47 Å². The number of fused-ring (bicyclic) bond motifs is 2. The molecule has 2 aliphatic heterocycles. The molecule has 0 amide bonds. The third kappa shape index (κ3) is 3.43. The molecule has 1 N–H and O–H groups in total. The van der Waals surface area contributed by atoms with Gasteiger partial charge in [-0.3, -0.25) is 9.69 Å². The molecule has 3 aromatic rings. The highest BCUT2D eigenvalue weighted by molar-refractivity contribution is 6.15. The van der Waals surface area contributed by atoms with Crippen LogP contribution in [0, 0.1) is 0 Å². The summed E-state index contributed by atoms with van der Waals surface area (Å²) < 4.78 is 8.29. The van der Waals surface area contributed by atoms with E-state index in [2.05, 4.69) is 41.6 Å². The summed E-state index contributed by atoms with van der Waals surface area (Å²) in [5, 5.41) is 11.7. The van der Waals surface area contributed by atoms with Crippen LogP contribution in [-0.4, -0.2) is 32.9 Å². The molecule has 0 bridgehead atoms. The summed E-state index contributed by atoms with van der Waals surface area (Å²) in [5.74, 6) is 0.880. The molecule has 1 atom stereocenters. The van der Waals surface area contributed by atoms with Crippen LogP contribution in [0.25, 0.3) is 17.0 Å². The Hall–Kier alpha value is -3.05. The summed E-state index contributed by atoms with van der Waals surface area (Å²) >= 11 is 0. The molecule has 0 spiro atoms. The summed E-state index contributed by atoms with van der Waals surface area (Å²) in [4.78, 5) is 15.5. The van der Waals surface area contributed by atoms with E-state index in [4.69, 9.17) is 4.74 Å². The number of hydrogen-bond acceptors (Lipinski definition) is 4. The Labute approximate surface area is 182 Å². The van der Waals surface area contributed by atoms with E-state index >= 15 is 0 Å². The molecule has 2 aliphatic rings. The highest BCUT2D eigenvalue weighted by atomic mass is 16.5. The van der Waals surface area contributed by atoms with Crippen LogP contribution in [0.2, 0.25) is 0 Å². The number of carbonyl (C=O) groups is 1. The first-order valence-electron chi connectivity index (χ1n) is 11.2. The second-order valence-corrected chi connectivity index (χ2v) is 8.58. The van der Waals surface area contributed by atoms with E-state index in [0.29, 0.717) is 35.2 Å². The lowest BCUT2D eigenvalue weighted by atomic mass is 10.0. The number of aromatic nitrogens is 1. The van der Waals surface area contributed by atoms with Gasteiger partial charge in [0, 0.05) is 41.8 Å². The number of phenols is 1. The minimum Gasteiger partial charge on any atom is -0.507 e. The molecule has 0 radical (unpaired) electrons. The Bertz CT molecular complexity index is 1190. The predicted molar refractivity (Wildman–Crippen MR) is 122 cm³/mol. The zero-order chi connectivity index (χ0) is 21.5. The molecule has 0 unspecified atom stereocenters. The van der Waals surface area contributed by atoms with Gasteiger partial charge in [-0.2, -0.15) is 0 Å². The minimum atomic E-state index is -0.128. The maximum Gasteiger partial charge on any atom is 0.231 e. The van der Waals surface area contributed by atoms with Gasteiger partial charge >= 0.3 is 0 Å². The lowest BCUT2D eigenvalue weighted by Crippen LogP contribution is -2.36. The number of ether oxygens (including phenoxy) is 1. The van der Waals surface area contributed by atoms with E-state index in [1.165, 1.54) is 6.42 Å². The average molecular weight is 417 g/mol. The zero-order valence-corrected chi connectivity index (χ0v) is 18.1. The van der Waals surface area contributed by atoms with Gasteiger partial charge in [-0.05, 0) is 57.5 Å². The SMILES string of the molecule is CCn1cc(C=C2Oc3c(ccc(O)c3CN3CCCC[C@H]3C)C2=O)c2ccccc21. The number of ketones is 1. The fourth-order valence-corrected chi connectivity index (χ4v) is 4.84. The van der Waals surface area contributed by atoms with Crippen molar-refractivity contribution in [2.75, 3.05) is 6.54 Å². The first-order chi connectivity index (χ1) is 15.1. The maximum atomic E-state index is 13.1. The topological polar surface area (TPSA) is 54.7 Å². The number of benzene rings is 2. The number of carbonyl (C=O) groups excluding carboxylic acids is 1. The van der Waals surface area contributed by atoms with Gasteiger partial charge in [-0.25, -0.2) is 0 Å². The number of rotatable bonds is 4. The summed E-state index contributed by atoms with van der Waals surface area (Å²) in [6.45, 7) is 6.77. The summed E-state index contributed by atoms with van der Waals surface area (Å²) in [7, 11) is 0. The van der Waals surface area contributed by atoms with Crippen LogP contribution in [0.5, 0.6) is 11.5 Å². The standard InChI is InChI=1S/C26H28N2O3/c1-3-27-15-18(19-9-4-5-10-22(19)27)14-24-25(30)20-11-12-23(29)21(26(20)31-24)16-28-13-7-6-8-17(28)2/h4-5,9-12,14-15,17,29H,3,6-8,13,16H2,1-2H3/t17-/m1/s1. The van der Waals surface area contributed by atoms with E-state index in [9.17, 15) is 9.90 Å². The van der Waals surface area contributed by atoms with Crippen LogP contribution in [-0.2, 0) is 13.1 Å². The monoisotopic (exact) mass is 416 g/mol. The molecule has 5 nitrogen and oxygen atoms in total. The molecule has 31 heavy (non-hydrogen) atoms. The second kappa shape index (κ2) is 7.89. The quantitative estimate of drug-likeness (QED) is 0.582. The normalized spacial score (nSPS) is 20.4. The number of Topliss-reactive ketones (excluding diaryl/α,β-unsaturated/α-hetero) is 1.